The second-order valence-corrected chi connectivity index (χ2v) is 13.9. The number of amides is 4. The van der Waals surface area contributed by atoms with E-state index in [4.69, 9.17) is 9.47 Å². The van der Waals surface area contributed by atoms with E-state index < -0.39 is 74.1 Å². The van der Waals surface area contributed by atoms with Gasteiger partial charge >= 0.3 is 0 Å². The molecule has 18 heteroatoms. The molecule has 52 heavy (non-hydrogen) atoms. The summed E-state index contributed by atoms with van der Waals surface area (Å²) in [6.45, 7) is 5.17. The van der Waals surface area contributed by atoms with Gasteiger partial charge in [-0.2, -0.15) is 0 Å². The Hall–Kier alpha value is -5.62. The lowest BCUT2D eigenvalue weighted by atomic mass is 9.63. The number of hydrogen-bond acceptors (Lipinski definition) is 14. The minimum atomic E-state index is -1.49. The Morgan fingerprint density at radius 2 is 1.27 bits per heavy atom. The molecule has 4 amide bonds. The summed E-state index contributed by atoms with van der Waals surface area (Å²) in [6.07, 6.45) is -1.26. The average molecular weight is 719 g/mol. The van der Waals surface area contributed by atoms with Crippen LogP contribution in [0.2, 0.25) is 0 Å². The zero-order chi connectivity index (χ0) is 37.3. The van der Waals surface area contributed by atoms with E-state index in [2.05, 4.69) is 10.6 Å². The van der Waals surface area contributed by atoms with Crippen molar-refractivity contribution in [2.24, 2.45) is 10.8 Å². The molecule has 4 saturated heterocycles. The number of ether oxygens (including phenoxy) is 2. The number of anilines is 2. The number of carbonyl (C=O) groups excluding carboxylic acids is 6. The molecular formula is C34H34N6O12. The molecule has 6 aliphatic heterocycles. The van der Waals surface area contributed by atoms with Gasteiger partial charge in [-0.25, -0.2) is 0 Å². The molecule has 0 saturated carbocycles. The number of nitrogens with zero attached hydrogens (tertiary/aromatic N) is 4. The maximum Gasteiger partial charge on any atom is 0.269 e. The molecule has 2 aromatic rings. The van der Waals surface area contributed by atoms with Gasteiger partial charge in [-0.05, 0) is 49.9 Å². The Labute approximate surface area is 295 Å². The first-order valence-corrected chi connectivity index (χ1v) is 16.7. The van der Waals surface area contributed by atoms with Gasteiger partial charge in [0.2, 0.25) is 23.6 Å². The highest BCUT2D eigenvalue weighted by atomic mass is 16.6. The van der Waals surface area contributed by atoms with Crippen LogP contribution in [0.25, 0.3) is 0 Å². The molecule has 6 heterocycles. The minimum Gasteiger partial charge on any atom is -0.374 e. The van der Waals surface area contributed by atoms with Crippen LogP contribution in [0.4, 0.5) is 22.7 Å². The summed E-state index contributed by atoms with van der Waals surface area (Å²) in [5.74, 6) is -3.46. The monoisotopic (exact) mass is 718 g/mol. The van der Waals surface area contributed by atoms with Gasteiger partial charge in [0.1, 0.15) is 10.8 Å². The minimum absolute atomic E-state index is 0.0107. The van der Waals surface area contributed by atoms with Crippen LogP contribution in [-0.2, 0) is 51.1 Å². The zero-order valence-corrected chi connectivity index (χ0v) is 28.1. The van der Waals surface area contributed by atoms with Crippen LogP contribution >= 0.6 is 0 Å². The van der Waals surface area contributed by atoms with Crippen LogP contribution in [0.1, 0.15) is 37.8 Å². The molecule has 8 rings (SSSR count). The molecule has 18 nitrogen and oxygen atoms in total. The van der Waals surface area contributed by atoms with Gasteiger partial charge in [0.25, 0.3) is 11.4 Å². The fraction of sp³-hybridized carbons (Fsp3) is 0.471. The van der Waals surface area contributed by atoms with Crippen LogP contribution in [0.5, 0.6) is 0 Å². The lowest BCUT2D eigenvalue weighted by Gasteiger charge is -2.54. The molecule has 272 valence electrons. The third kappa shape index (κ3) is 5.31. The molecule has 0 aromatic heterocycles. The normalized spacial score (nSPS) is 30.7. The number of rotatable bonds is 2. The van der Waals surface area contributed by atoms with Crippen molar-refractivity contribution in [2.75, 3.05) is 36.1 Å². The lowest BCUT2D eigenvalue weighted by Crippen LogP contribution is -2.71. The van der Waals surface area contributed by atoms with Crippen LogP contribution in [0.3, 0.4) is 0 Å². The maximum absolute atomic E-state index is 12.9. The van der Waals surface area contributed by atoms with E-state index in [0.717, 1.165) is 11.4 Å². The molecular weight excluding hydrogens is 684 g/mol. The summed E-state index contributed by atoms with van der Waals surface area (Å²) in [5, 5.41) is 26.8. The number of benzene rings is 2. The number of piperidine rings is 2. The molecule has 0 aliphatic carbocycles. The van der Waals surface area contributed by atoms with Crippen LogP contribution in [-0.4, -0.2) is 95.6 Å². The van der Waals surface area contributed by atoms with Crippen molar-refractivity contribution in [3.05, 3.63) is 67.8 Å². The number of non-ortho nitro benzene ring substituents is 2. The van der Waals surface area contributed by atoms with Crippen molar-refractivity contribution in [1.29, 1.82) is 0 Å². The Morgan fingerprint density at radius 3 is 1.81 bits per heavy atom. The molecule has 4 fully saturated rings. The standard InChI is InChI=1S/2C17H17N3O6/c1-9-7-19-12-3-2-11(20(24)25)4-10(12)6-17(13(19)8-26-9)14(21)5-15(22)18-16(17)23;1-9-15-17(13(21)7-14(22)18-16(17)23)8-10-6-11(20(24)25)2-3-12(10)19(15)4-5-26-9/h2-4,9,13H,5-8H2,1H3,(H,18,22,23);2-3,6,9,15H,4-5,7-8H2,1H3,(H,18,22,23)/t9?,13-,17?;9?,15-,17?/m00/s1. The molecule has 4 unspecified atom stereocenters. The van der Waals surface area contributed by atoms with E-state index in [1.54, 1.807) is 19.1 Å². The van der Waals surface area contributed by atoms with Crippen LogP contribution < -0.4 is 20.4 Å². The molecule has 0 radical (unpaired) electrons. The predicted molar refractivity (Wildman–Crippen MR) is 177 cm³/mol. The number of hydrogen-bond donors (Lipinski definition) is 2. The quantitative estimate of drug-likeness (QED) is 0.188. The van der Waals surface area contributed by atoms with Gasteiger partial charge in [-0.15, -0.1) is 0 Å². The number of carbonyl (C=O) groups is 6. The summed E-state index contributed by atoms with van der Waals surface area (Å²) in [7, 11) is 0. The first-order chi connectivity index (χ1) is 24.7. The molecule has 2 spiro atoms. The largest absolute Gasteiger partial charge is 0.374 e. The molecule has 2 N–H and O–H groups in total. The maximum atomic E-state index is 12.9. The highest BCUT2D eigenvalue weighted by molar-refractivity contribution is 6.23. The smallest absolute Gasteiger partial charge is 0.269 e. The van der Waals surface area contributed by atoms with E-state index in [1.807, 2.05) is 16.7 Å². The second-order valence-electron chi connectivity index (χ2n) is 13.9. The number of nitro groups is 2. The van der Waals surface area contributed by atoms with E-state index >= 15 is 0 Å². The Bertz CT molecular complexity index is 1890. The van der Waals surface area contributed by atoms with Crippen molar-refractivity contribution in [2.45, 2.75) is 63.8 Å². The lowest BCUT2D eigenvalue weighted by molar-refractivity contribution is -0.385. The number of Topliss-reactive ketones (excluding diaryl/α,β-unsaturated/α-hetero) is 2. The Morgan fingerprint density at radius 1 is 0.750 bits per heavy atom. The number of nitro benzene ring substituents is 2. The van der Waals surface area contributed by atoms with Crippen molar-refractivity contribution in [3.63, 3.8) is 0 Å². The van der Waals surface area contributed by atoms with E-state index in [-0.39, 0.29) is 49.8 Å². The fourth-order valence-corrected chi connectivity index (χ4v) is 8.69. The summed E-state index contributed by atoms with van der Waals surface area (Å²) in [5.41, 5.74) is -0.522. The summed E-state index contributed by atoms with van der Waals surface area (Å²) in [6, 6.07) is 7.85. The number of ketones is 2. The highest BCUT2D eigenvalue weighted by Gasteiger charge is 2.62. The summed E-state index contributed by atoms with van der Waals surface area (Å²) >= 11 is 0. The first kappa shape index (κ1) is 34.8. The van der Waals surface area contributed by atoms with Gasteiger partial charge < -0.3 is 19.3 Å². The molecule has 6 atom stereocenters. The van der Waals surface area contributed by atoms with E-state index in [0.29, 0.717) is 30.8 Å². The Balaban J connectivity index is 0.000000162. The van der Waals surface area contributed by atoms with Gasteiger partial charge in [0.15, 0.2) is 11.6 Å². The van der Waals surface area contributed by atoms with Crippen molar-refractivity contribution in [1.82, 2.24) is 10.6 Å². The average Bonchev–Trinajstić information content (AvgIpc) is 3.09. The molecule has 6 aliphatic rings. The summed E-state index contributed by atoms with van der Waals surface area (Å²) in [4.78, 5) is 99.8. The number of nitrogens with one attached hydrogen (secondary N) is 2. The van der Waals surface area contributed by atoms with Crippen molar-refractivity contribution < 1.29 is 48.1 Å². The first-order valence-electron chi connectivity index (χ1n) is 16.7. The van der Waals surface area contributed by atoms with Gasteiger partial charge in [0.05, 0.1) is 60.2 Å². The third-order valence-corrected chi connectivity index (χ3v) is 11.0. The third-order valence-electron chi connectivity index (χ3n) is 11.0. The predicted octanol–water partition coefficient (Wildman–Crippen LogP) is 0.693. The zero-order valence-electron chi connectivity index (χ0n) is 28.1. The summed E-state index contributed by atoms with van der Waals surface area (Å²) < 4.78 is 11.4. The van der Waals surface area contributed by atoms with E-state index in [1.165, 1.54) is 24.3 Å². The number of morpholine rings is 2. The van der Waals surface area contributed by atoms with Crippen molar-refractivity contribution >= 4 is 57.9 Å². The number of fused-ring (bicyclic) bond motifs is 8. The Kier molecular flexibility index (Phi) is 8.40. The fourth-order valence-electron chi connectivity index (χ4n) is 8.69. The molecule has 2 aromatic carbocycles. The number of imide groups is 2. The second kappa shape index (κ2) is 12.6. The van der Waals surface area contributed by atoms with E-state index in [9.17, 15) is 49.0 Å². The van der Waals surface area contributed by atoms with Gasteiger partial charge in [0, 0.05) is 48.7 Å². The van der Waals surface area contributed by atoms with Crippen LogP contribution in [0, 0.1) is 31.1 Å². The van der Waals surface area contributed by atoms with Gasteiger partial charge in [-0.1, -0.05) is 0 Å². The topological polar surface area (TPSA) is 238 Å². The SMILES string of the molecule is CC1CN2c3ccc([N+](=O)[O-])cc3CC3(C(=O)CC(=O)NC3=O)[C@@H]2CO1.CC1OCCN2c3ccc([N+](=O)[O-])cc3CC3(C(=O)CC(=O)NC3=O)[C@H]12. The van der Waals surface area contributed by atoms with Crippen LogP contribution in [0.15, 0.2) is 36.4 Å². The molecule has 0 bridgehead atoms. The highest BCUT2D eigenvalue weighted by Crippen LogP contribution is 2.48. The van der Waals surface area contributed by atoms with Gasteiger partial charge in [-0.3, -0.25) is 59.6 Å². The van der Waals surface area contributed by atoms with Crippen molar-refractivity contribution in [3.8, 4) is 0 Å².